The van der Waals surface area contributed by atoms with Gasteiger partial charge in [-0.2, -0.15) is 4.98 Å². The van der Waals surface area contributed by atoms with E-state index in [0.717, 1.165) is 41.6 Å². The van der Waals surface area contributed by atoms with Gasteiger partial charge in [0.05, 0.1) is 12.5 Å². The van der Waals surface area contributed by atoms with Crippen LogP contribution in [0.4, 0.5) is 0 Å². The molecule has 3 aromatic rings. The van der Waals surface area contributed by atoms with Gasteiger partial charge in [-0.05, 0) is 30.9 Å². The topological polar surface area (TPSA) is 95.3 Å². The highest BCUT2D eigenvalue weighted by Gasteiger charge is 2.32. The number of para-hydroxylation sites is 1. The maximum absolute atomic E-state index is 13.0. The molecule has 5 rings (SSSR count). The maximum atomic E-state index is 13.0. The Hall–Kier alpha value is -3.16. The first-order valence-electron chi connectivity index (χ1n) is 11.5. The molecule has 32 heavy (non-hydrogen) atoms. The van der Waals surface area contributed by atoms with E-state index in [0.29, 0.717) is 44.2 Å². The molecule has 1 aliphatic carbocycles. The standard InChI is InChI=1S/C24H29N5O3/c1-16(30)29(12-10-22-26-24(32-27-22)17-5-4-6-17)19-9-11-28(15-19)23(31)13-18-14-25-21-8-3-2-7-20(18)21/h2-3,7-8,14,17,19,25H,4-6,9-13,15H2,1H3. The van der Waals surface area contributed by atoms with E-state index in [9.17, 15) is 9.59 Å². The van der Waals surface area contributed by atoms with E-state index in [1.807, 2.05) is 40.3 Å². The zero-order chi connectivity index (χ0) is 22.1. The molecule has 3 heterocycles. The van der Waals surface area contributed by atoms with Crippen LogP contribution in [0, 0.1) is 0 Å². The molecular weight excluding hydrogens is 406 g/mol. The van der Waals surface area contributed by atoms with Crippen molar-refractivity contribution in [1.82, 2.24) is 24.9 Å². The third-order valence-electron chi connectivity index (χ3n) is 6.89. The minimum atomic E-state index is 0.0173. The van der Waals surface area contributed by atoms with Crippen molar-refractivity contribution in [2.24, 2.45) is 0 Å². The monoisotopic (exact) mass is 435 g/mol. The summed E-state index contributed by atoms with van der Waals surface area (Å²) in [5, 5.41) is 5.18. The van der Waals surface area contributed by atoms with Crippen LogP contribution in [0.15, 0.2) is 35.0 Å². The van der Waals surface area contributed by atoms with Crippen LogP contribution in [-0.2, 0) is 22.4 Å². The lowest BCUT2D eigenvalue weighted by atomic mass is 9.85. The third kappa shape index (κ3) is 4.13. The SMILES string of the molecule is CC(=O)N(CCc1noc(C2CCC2)n1)C1CCN(C(=O)Cc2c[nH]c3ccccc23)C1. The summed E-state index contributed by atoms with van der Waals surface area (Å²) >= 11 is 0. The largest absolute Gasteiger partial charge is 0.361 e. The molecule has 1 unspecified atom stereocenters. The Morgan fingerprint density at radius 1 is 1.25 bits per heavy atom. The van der Waals surface area contributed by atoms with Crippen LogP contribution >= 0.6 is 0 Å². The zero-order valence-electron chi connectivity index (χ0n) is 18.4. The molecule has 2 amide bonds. The van der Waals surface area contributed by atoms with E-state index in [2.05, 4.69) is 15.1 Å². The molecule has 2 fully saturated rings. The molecule has 8 nitrogen and oxygen atoms in total. The number of rotatable bonds is 7. The Morgan fingerprint density at radius 2 is 2.09 bits per heavy atom. The molecule has 1 aliphatic heterocycles. The zero-order valence-corrected chi connectivity index (χ0v) is 18.4. The Balaban J connectivity index is 1.18. The first-order valence-corrected chi connectivity index (χ1v) is 11.5. The fourth-order valence-electron chi connectivity index (χ4n) is 4.78. The van der Waals surface area contributed by atoms with Gasteiger partial charge in [0.25, 0.3) is 0 Å². The Bertz CT molecular complexity index is 1120. The van der Waals surface area contributed by atoms with Crippen molar-refractivity contribution in [3.05, 3.63) is 47.7 Å². The lowest BCUT2D eigenvalue weighted by Gasteiger charge is -2.27. The molecule has 0 spiro atoms. The number of nitrogens with zero attached hydrogens (tertiary/aromatic N) is 4. The van der Waals surface area contributed by atoms with Crippen LogP contribution in [0.5, 0.6) is 0 Å². The predicted molar refractivity (Wildman–Crippen MR) is 119 cm³/mol. The van der Waals surface area contributed by atoms with Crippen LogP contribution in [-0.4, -0.2) is 62.4 Å². The second-order valence-electron chi connectivity index (χ2n) is 8.96. The van der Waals surface area contributed by atoms with Crippen molar-refractivity contribution in [2.45, 2.75) is 57.4 Å². The molecule has 1 saturated heterocycles. The van der Waals surface area contributed by atoms with Gasteiger partial charge in [0.1, 0.15) is 0 Å². The average molecular weight is 436 g/mol. The molecule has 0 radical (unpaired) electrons. The third-order valence-corrected chi connectivity index (χ3v) is 6.89. The Labute approximate surface area is 187 Å². The number of hydrogen-bond donors (Lipinski definition) is 1. The van der Waals surface area contributed by atoms with Gasteiger partial charge in [0.15, 0.2) is 5.82 Å². The number of fused-ring (bicyclic) bond motifs is 1. The molecular formula is C24H29N5O3. The number of likely N-dealkylation sites (tertiary alicyclic amines) is 1. The summed E-state index contributed by atoms with van der Waals surface area (Å²) < 4.78 is 5.40. The van der Waals surface area contributed by atoms with E-state index >= 15 is 0 Å². The molecule has 168 valence electrons. The second kappa shape index (κ2) is 8.76. The van der Waals surface area contributed by atoms with Crippen LogP contribution in [0.2, 0.25) is 0 Å². The number of nitrogens with one attached hydrogen (secondary N) is 1. The molecule has 1 N–H and O–H groups in total. The predicted octanol–water partition coefficient (Wildman–Crippen LogP) is 3.05. The van der Waals surface area contributed by atoms with Gasteiger partial charge in [-0.15, -0.1) is 0 Å². The molecule has 1 atom stereocenters. The highest BCUT2D eigenvalue weighted by atomic mass is 16.5. The summed E-state index contributed by atoms with van der Waals surface area (Å²) in [6.45, 7) is 3.37. The van der Waals surface area contributed by atoms with Crippen molar-refractivity contribution in [2.75, 3.05) is 19.6 Å². The summed E-state index contributed by atoms with van der Waals surface area (Å²) in [6, 6.07) is 8.04. The van der Waals surface area contributed by atoms with Crippen molar-refractivity contribution in [3.8, 4) is 0 Å². The lowest BCUT2D eigenvalue weighted by molar-refractivity contribution is -0.133. The number of aromatic amines is 1. The Kier molecular flexibility index (Phi) is 5.68. The lowest BCUT2D eigenvalue weighted by Crippen LogP contribution is -2.43. The minimum Gasteiger partial charge on any atom is -0.361 e. The summed E-state index contributed by atoms with van der Waals surface area (Å²) in [6.07, 6.45) is 7.09. The van der Waals surface area contributed by atoms with Crippen LogP contribution in [0.25, 0.3) is 10.9 Å². The number of amides is 2. The normalized spacial score (nSPS) is 18.8. The van der Waals surface area contributed by atoms with Crippen LogP contribution in [0.3, 0.4) is 0 Å². The van der Waals surface area contributed by atoms with Crippen molar-refractivity contribution in [3.63, 3.8) is 0 Å². The molecule has 8 heteroatoms. The molecule has 1 saturated carbocycles. The first-order chi connectivity index (χ1) is 15.6. The van der Waals surface area contributed by atoms with Gasteiger partial charge in [0.2, 0.25) is 17.7 Å². The Morgan fingerprint density at radius 3 is 2.88 bits per heavy atom. The van der Waals surface area contributed by atoms with Crippen molar-refractivity contribution < 1.29 is 14.1 Å². The summed E-state index contributed by atoms with van der Waals surface area (Å²) in [4.78, 5) is 36.8. The first kappa shape index (κ1) is 20.7. The minimum absolute atomic E-state index is 0.0173. The molecule has 2 aromatic heterocycles. The number of benzene rings is 1. The molecule has 0 bridgehead atoms. The number of carbonyl (C=O) groups is 2. The molecule has 2 aliphatic rings. The highest BCUT2D eigenvalue weighted by molar-refractivity contribution is 5.89. The number of hydrogen-bond acceptors (Lipinski definition) is 5. The van der Waals surface area contributed by atoms with Crippen molar-refractivity contribution >= 4 is 22.7 Å². The fourth-order valence-corrected chi connectivity index (χ4v) is 4.78. The van der Waals surface area contributed by atoms with E-state index < -0.39 is 0 Å². The smallest absolute Gasteiger partial charge is 0.229 e. The van der Waals surface area contributed by atoms with Gasteiger partial charge in [-0.25, -0.2) is 0 Å². The van der Waals surface area contributed by atoms with E-state index in [4.69, 9.17) is 4.52 Å². The maximum Gasteiger partial charge on any atom is 0.229 e. The molecule has 1 aromatic carbocycles. The summed E-state index contributed by atoms with van der Waals surface area (Å²) in [7, 11) is 0. The summed E-state index contributed by atoms with van der Waals surface area (Å²) in [5.41, 5.74) is 2.05. The fraction of sp³-hybridized carbons (Fsp3) is 0.500. The van der Waals surface area contributed by atoms with Crippen molar-refractivity contribution in [1.29, 1.82) is 0 Å². The highest BCUT2D eigenvalue weighted by Crippen LogP contribution is 2.35. The number of aromatic nitrogens is 3. The van der Waals surface area contributed by atoms with Gasteiger partial charge >= 0.3 is 0 Å². The number of carbonyl (C=O) groups excluding carboxylic acids is 2. The quantitative estimate of drug-likeness (QED) is 0.615. The number of H-pyrrole nitrogens is 1. The summed E-state index contributed by atoms with van der Waals surface area (Å²) in [5.74, 6) is 1.92. The van der Waals surface area contributed by atoms with Crippen LogP contribution in [0.1, 0.15) is 55.8 Å². The van der Waals surface area contributed by atoms with E-state index in [1.165, 1.54) is 6.42 Å². The van der Waals surface area contributed by atoms with E-state index in [-0.39, 0.29) is 17.9 Å². The van der Waals surface area contributed by atoms with E-state index in [1.54, 1.807) is 6.92 Å². The van der Waals surface area contributed by atoms with Gasteiger partial charge in [0, 0.05) is 56.0 Å². The van der Waals surface area contributed by atoms with Gasteiger partial charge < -0.3 is 19.3 Å². The second-order valence-corrected chi connectivity index (χ2v) is 8.96. The van der Waals surface area contributed by atoms with Crippen LogP contribution < -0.4 is 0 Å². The van der Waals surface area contributed by atoms with Gasteiger partial charge in [-0.3, -0.25) is 9.59 Å². The average Bonchev–Trinajstić information content (AvgIpc) is 3.48. The van der Waals surface area contributed by atoms with Gasteiger partial charge in [-0.1, -0.05) is 29.8 Å².